The molecule has 1 aromatic carbocycles. The van der Waals surface area contributed by atoms with Crippen LogP contribution in [0.2, 0.25) is 0 Å². The van der Waals surface area contributed by atoms with Gasteiger partial charge in [-0.15, -0.1) is 11.3 Å². The van der Waals surface area contributed by atoms with Gasteiger partial charge in [0.1, 0.15) is 0 Å². The summed E-state index contributed by atoms with van der Waals surface area (Å²) in [6.07, 6.45) is 0.968. The first kappa shape index (κ1) is 13.8. The maximum atomic E-state index is 11.7. The lowest BCUT2D eigenvalue weighted by Crippen LogP contribution is -2.29. The van der Waals surface area contributed by atoms with Crippen molar-refractivity contribution in [2.75, 3.05) is 18.4 Å². The first-order valence-electron chi connectivity index (χ1n) is 6.33. The van der Waals surface area contributed by atoms with E-state index in [0.29, 0.717) is 6.54 Å². The van der Waals surface area contributed by atoms with E-state index < -0.39 is 0 Å². The summed E-state index contributed by atoms with van der Waals surface area (Å²) in [6.45, 7) is 3.18. The fourth-order valence-electron chi connectivity index (χ4n) is 1.80. The summed E-state index contributed by atoms with van der Waals surface area (Å²) < 4.78 is 0. The summed E-state index contributed by atoms with van der Waals surface area (Å²) in [6, 6.07) is 12.0. The Kier molecular flexibility index (Phi) is 5.12. The molecule has 2 rings (SSSR count). The van der Waals surface area contributed by atoms with Gasteiger partial charge in [-0.3, -0.25) is 4.79 Å². The number of thiophene rings is 1. The standard InChI is InChI=1S/C15H18N2OS/c1-12-4-2-5-13(10-12)17-15(18)11-16-8-7-14-6-3-9-19-14/h2-6,9-10,16H,7-8,11H2,1H3,(H,17,18). The molecule has 0 atom stereocenters. The number of carbonyl (C=O) groups is 1. The zero-order chi connectivity index (χ0) is 13.5. The Bertz CT molecular complexity index is 523. The van der Waals surface area contributed by atoms with Crippen molar-refractivity contribution in [3.63, 3.8) is 0 Å². The van der Waals surface area contributed by atoms with E-state index in [2.05, 4.69) is 22.1 Å². The molecule has 0 saturated carbocycles. The summed E-state index contributed by atoms with van der Waals surface area (Å²) in [5.74, 6) is -0.00298. The van der Waals surface area contributed by atoms with Crippen molar-refractivity contribution in [3.8, 4) is 0 Å². The highest BCUT2D eigenvalue weighted by Gasteiger charge is 2.02. The van der Waals surface area contributed by atoms with Gasteiger partial charge in [-0.05, 0) is 42.5 Å². The third kappa shape index (κ3) is 4.85. The maximum absolute atomic E-state index is 11.7. The highest BCUT2D eigenvalue weighted by Crippen LogP contribution is 2.09. The zero-order valence-corrected chi connectivity index (χ0v) is 11.8. The minimum absolute atomic E-state index is 0.00298. The normalized spacial score (nSPS) is 10.4. The number of hydrogen-bond donors (Lipinski definition) is 2. The molecule has 0 aliphatic heterocycles. The lowest BCUT2D eigenvalue weighted by atomic mass is 10.2. The lowest BCUT2D eigenvalue weighted by molar-refractivity contribution is -0.115. The van der Waals surface area contributed by atoms with Crippen molar-refractivity contribution in [2.24, 2.45) is 0 Å². The van der Waals surface area contributed by atoms with E-state index >= 15 is 0 Å². The van der Waals surface area contributed by atoms with Crippen LogP contribution in [-0.4, -0.2) is 19.0 Å². The Balaban J connectivity index is 1.67. The predicted octanol–water partition coefficient (Wildman–Crippen LogP) is 2.83. The monoisotopic (exact) mass is 274 g/mol. The van der Waals surface area contributed by atoms with Crippen LogP contribution in [-0.2, 0) is 11.2 Å². The quantitative estimate of drug-likeness (QED) is 0.795. The fourth-order valence-corrected chi connectivity index (χ4v) is 2.51. The summed E-state index contributed by atoms with van der Waals surface area (Å²) in [5.41, 5.74) is 1.99. The van der Waals surface area contributed by atoms with Crippen LogP contribution in [0.4, 0.5) is 5.69 Å². The molecule has 0 aliphatic carbocycles. The molecule has 1 aromatic heterocycles. The van der Waals surface area contributed by atoms with Crippen molar-refractivity contribution < 1.29 is 4.79 Å². The molecule has 0 fully saturated rings. The van der Waals surface area contributed by atoms with Crippen LogP contribution >= 0.6 is 11.3 Å². The minimum atomic E-state index is -0.00298. The van der Waals surface area contributed by atoms with E-state index in [-0.39, 0.29) is 5.91 Å². The molecule has 19 heavy (non-hydrogen) atoms. The largest absolute Gasteiger partial charge is 0.325 e. The number of carbonyl (C=O) groups excluding carboxylic acids is 1. The van der Waals surface area contributed by atoms with Crippen LogP contribution < -0.4 is 10.6 Å². The van der Waals surface area contributed by atoms with E-state index in [9.17, 15) is 4.79 Å². The van der Waals surface area contributed by atoms with Gasteiger partial charge in [0.2, 0.25) is 5.91 Å². The molecule has 2 aromatic rings. The van der Waals surface area contributed by atoms with Crippen molar-refractivity contribution >= 4 is 22.9 Å². The Morgan fingerprint density at radius 2 is 2.16 bits per heavy atom. The number of aryl methyl sites for hydroxylation is 1. The van der Waals surface area contributed by atoms with Crippen LogP contribution in [0, 0.1) is 6.92 Å². The van der Waals surface area contributed by atoms with Gasteiger partial charge in [0, 0.05) is 17.1 Å². The van der Waals surface area contributed by atoms with E-state index in [1.54, 1.807) is 11.3 Å². The highest BCUT2D eigenvalue weighted by atomic mass is 32.1. The molecule has 0 spiro atoms. The number of hydrogen-bond acceptors (Lipinski definition) is 3. The Labute approximate surface area is 117 Å². The molecule has 2 N–H and O–H groups in total. The van der Waals surface area contributed by atoms with Gasteiger partial charge in [-0.2, -0.15) is 0 Å². The van der Waals surface area contributed by atoms with Crippen molar-refractivity contribution in [1.29, 1.82) is 0 Å². The van der Waals surface area contributed by atoms with Gasteiger partial charge in [0.25, 0.3) is 0 Å². The van der Waals surface area contributed by atoms with Crippen LogP contribution in [0.1, 0.15) is 10.4 Å². The van der Waals surface area contributed by atoms with E-state index in [4.69, 9.17) is 0 Å². The lowest BCUT2D eigenvalue weighted by Gasteiger charge is -2.07. The van der Waals surface area contributed by atoms with Crippen molar-refractivity contribution in [3.05, 3.63) is 52.2 Å². The van der Waals surface area contributed by atoms with Crippen molar-refractivity contribution in [2.45, 2.75) is 13.3 Å². The first-order valence-corrected chi connectivity index (χ1v) is 7.21. The van der Waals surface area contributed by atoms with Gasteiger partial charge >= 0.3 is 0 Å². The zero-order valence-electron chi connectivity index (χ0n) is 11.0. The van der Waals surface area contributed by atoms with E-state index in [1.807, 2.05) is 37.3 Å². The topological polar surface area (TPSA) is 41.1 Å². The Morgan fingerprint density at radius 3 is 2.89 bits per heavy atom. The summed E-state index contributed by atoms with van der Waals surface area (Å²) in [5, 5.41) is 8.10. The molecule has 0 aliphatic rings. The molecule has 0 saturated heterocycles. The molecule has 1 heterocycles. The smallest absolute Gasteiger partial charge is 0.238 e. The predicted molar refractivity (Wildman–Crippen MR) is 80.7 cm³/mol. The summed E-state index contributed by atoms with van der Waals surface area (Å²) in [7, 11) is 0. The Morgan fingerprint density at radius 1 is 1.26 bits per heavy atom. The molecule has 0 radical (unpaired) electrons. The number of benzene rings is 1. The van der Waals surface area contributed by atoms with Gasteiger partial charge in [0.05, 0.1) is 6.54 Å². The van der Waals surface area contributed by atoms with Gasteiger partial charge in [0.15, 0.2) is 0 Å². The molecule has 3 nitrogen and oxygen atoms in total. The number of rotatable bonds is 6. The molecule has 0 unspecified atom stereocenters. The molecular formula is C15H18N2OS. The maximum Gasteiger partial charge on any atom is 0.238 e. The third-order valence-electron chi connectivity index (χ3n) is 2.72. The summed E-state index contributed by atoms with van der Waals surface area (Å²) >= 11 is 1.75. The first-order chi connectivity index (χ1) is 9.24. The minimum Gasteiger partial charge on any atom is -0.325 e. The average molecular weight is 274 g/mol. The van der Waals surface area contributed by atoms with Crippen LogP contribution in [0.5, 0.6) is 0 Å². The molecular weight excluding hydrogens is 256 g/mol. The number of anilines is 1. The second-order valence-electron chi connectivity index (χ2n) is 4.42. The van der Waals surface area contributed by atoms with Crippen molar-refractivity contribution in [1.82, 2.24) is 5.32 Å². The Hall–Kier alpha value is -1.65. The SMILES string of the molecule is Cc1cccc(NC(=O)CNCCc2cccs2)c1. The molecule has 4 heteroatoms. The van der Waals surface area contributed by atoms with E-state index in [1.165, 1.54) is 4.88 Å². The van der Waals surface area contributed by atoms with Crippen LogP contribution in [0.25, 0.3) is 0 Å². The molecule has 100 valence electrons. The van der Waals surface area contributed by atoms with Crippen LogP contribution in [0.3, 0.4) is 0 Å². The van der Waals surface area contributed by atoms with Gasteiger partial charge in [-0.1, -0.05) is 18.2 Å². The average Bonchev–Trinajstić information content (AvgIpc) is 2.88. The second kappa shape index (κ2) is 7.07. The van der Waals surface area contributed by atoms with E-state index in [0.717, 1.165) is 24.2 Å². The number of amides is 1. The second-order valence-corrected chi connectivity index (χ2v) is 5.46. The number of nitrogens with one attached hydrogen (secondary N) is 2. The summed E-state index contributed by atoms with van der Waals surface area (Å²) in [4.78, 5) is 13.1. The molecule has 1 amide bonds. The van der Waals surface area contributed by atoms with Gasteiger partial charge in [-0.25, -0.2) is 0 Å². The van der Waals surface area contributed by atoms with Gasteiger partial charge < -0.3 is 10.6 Å². The third-order valence-corrected chi connectivity index (χ3v) is 3.65. The van der Waals surface area contributed by atoms with Crippen LogP contribution in [0.15, 0.2) is 41.8 Å². The fraction of sp³-hybridized carbons (Fsp3) is 0.267. The highest BCUT2D eigenvalue weighted by molar-refractivity contribution is 7.09. The molecule has 0 bridgehead atoms.